The molecule has 0 spiro atoms. The third-order valence-electron chi connectivity index (χ3n) is 10.5. The van der Waals surface area contributed by atoms with Gasteiger partial charge in [0.05, 0.1) is 6.61 Å². The van der Waals surface area contributed by atoms with Crippen LogP contribution in [0.3, 0.4) is 0 Å². The van der Waals surface area contributed by atoms with Gasteiger partial charge in [0.1, 0.15) is 43.2 Å². The summed E-state index contributed by atoms with van der Waals surface area (Å²) in [5.74, 6) is -1.21. The number of allylic oxidation sites excluding steroid dienone is 16. The Labute approximate surface area is 394 Å². The lowest BCUT2D eigenvalue weighted by atomic mass is 9.85. The van der Waals surface area contributed by atoms with Gasteiger partial charge in [-0.1, -0.05) is 136 Å². The molecule has 0 saturated heterocycles. The molecule has 1 aliphatic rings. The standard InChI is InChI=1S/C51H83O14P/c1-2-3-4-5-6-7-8-9-10-11-12-14-18-21-24-27-30-33-36-39-45(54)64-43(42-63-66(60,61)65-51-49(58)47(56)46(55)48(57)50(51)59)41-62-44(53)38-35-32-29-26-23-20-17-15-13-16-19-22-25-28-31-34-37-40-52/h3-4,6-7,9-10,12-14,16-17,20,22,25-26,29,43,46-52,55-59H,2,5,8,11,15,18-19,21,23-24,27-28,30-42H2,1H3,(H,60,61)/b4-3-,7-6-,10-9-,14-12-,16-13-,20-17-,25-22-,29-26-/t43-,46?,47-,48+,49-,50-,51?/m1/s1. The molecule has 0 aliphatic heterocycles. The Bertz CT molecular complexity index is 1520. The molecule has 376 valence electrons. The van der Waals surface area contributed by atoms with E-state index in [1.54, 1.807) is 0 Å². The zero-order chi connectivity index (χ0) is 48.5. The first-order chi connectivity index (χ1) is 31.9. The first-order valence-electron chi connectivity index (χ1n) is 24.1. The smallest absolute Gasteiger partial charge is 0.462 e. The molecule has 66 heavy (non-hydrogen) atoms. The van der Waals surface area contributed by atoms with Crippen LogP contribution in [0.1, 0.15) is 148 Å². The van der Waals surface area contributed by atoms with Gasteiger partial charge in [-0.2, -0.15) is 0 Å². The van der Waals surface area contributed by atoms with Gasteiger partial charge in [0, 0.05) is 19.4 Å². The Balaban J connectivity index is 2.49. The van der Waals surface area contributed by atoms with Crippen molar-refractivity contribution in [3.63, 3.8) is 0 Å². The molecule has 0 heterocycles. The third-order valence-corrected chi connectivity index (χ3v) is 11.4. The van der Waals surface area contributed by atoms with Gasteiger partial charge in [-0.15, -0.1) is 0 Å². The summed E-state index contributed by atoms with van der Waals surface area (Å²) in [6.45, 7) is 1.13. The molecule has 0 aromatic rings. The van der Waals surface area contributed by atoms with Gasteiger partial charge in [-0.3, -0.25) is 18.6 Å². The number of hydrogen-bond donors (Lipinski definition) is 7. The van der Waals surface area contributed by atoms with Gasteiger partial charge in [-0.25, -0.2) is 4.57 Å². The zero-order valence-electron chi connectivity index (χ0n) is 39.4. The highest BCUT2D eigenvalue weighted by molar-refractivity contribution is 7.47. The minimum absolute atomic E-state index is 0.0574. The van der Waals surface area contributed by atoms with Crippen molar-refractivity contribution in [1.29, 1.82) is 0 Å². The topological polar surface area (TPSA) is 230 Å². The van der Waals surface area contributed by atoms with Crippen LogP contribution in [0.25, 0.3) is 0 Å². The third kappa shape index (κ3) is 32.4. The number of hydrogen-bond acceptors (Lipinski definition) is 13. The van der Waals surface area contributed by atoms with Crippen molar-refractivity contribution in [1.82, 2.24) is 0 Å². The van der Waals surface area contributed by atoms with Crippen LogP contribution in [-0.2, 0) is 32.7 Å². The summed E-state index contributed by atoms with van der Waals surface area (Å²) < 4.78 is 33.5. The van der Waals surface area contributed by atoms with Crippen molar-refractivity contribution in [3.8, 4) is 0 Å². The number of esters is 2. The molecule has 0 aromatic heterocycles. The normalized spacial score (nSPS) is 22.1. The largest absolute Gasteiger partial charge is 0.472 e. The molecule has 0 amide bonds. The maximum absolute atomic E-state index is 12.8. The van der Waals surface area contributed by atoms with E-state index in [2.05, 4.69) is 92.0 Å². The predicted molar refractivity (Wildman–Crippen MR) is 259 cm³/mol. The van der Waals surface area contributed by atoms with E-state index in [-0.39, 0.29) is 19.4 Å². The fraction of sp³-hybridized carbons (Fsp3) is 0.647. The van der Waals surface area contributed by atoms with Crippen LogP contribution in [-0.4, -0.2) is 110 Å². The van der Waals surface area contributed by atoms with Crippen molar-refractivity contribution in [3.05, 3.63) is 97.2 Å². The number of carbonyl (C=O) groups excluding carboxylic acids is 2. The summed E-state index contributed by atoms with van der Waals surface area (Å²) in [5.41, 5.74) is 0. The van der Waals surface area contributed by atoms with Crippen molar-refractivity contribution in [2.24, 2.45) is 0 Å². The minimum atomic E-state index is -5.15. The van der Waals surface area contributed by atoms with Crippen LogP contribution in [0.15, 0.2) is 97.2 Å². The predicted octanol–water partition coefficient (Wildman–Crippen LogP) is 8.81. The van der Waals surface area contributed by atoms with Gasteiger partial charge in [0.15, 0.2) is 6.10 Å². The van der Waals surface area contributed by atoms with Gasteiger partial charge in [0.2, 0.25) is 0 Å². The molecular weight excluding hydrogens is 868 g/mol. The maximum Gasteiger partial charge on any atom is 0.472 e. The van der Waals surface area contributed by atoms with Crippen molar-refractivity contribution >= 4 is 19.8 Å². The molecular formula is C51H83O14P. The number of unbranched alkanes of at least 4 members (excludes halogenated alkanes) is 10. The Morgan fingerprint density at radius 3 is 1.38 bits per heavy atom. The quantitative estimate of drug-likeness (QED) is 0.0132. The average Bonchev–Trinajstić information content (AvgIpc) is 3.30. The van der Waals surface area contributed by atoms with Crippen LogP contribution in [0.2, 0.25) is 0 Å². The second-order valence-electron chi connectivity index (χ2n) is 16.3. The van der Waals surface area contributed by atoms with E-state index in [1.165, 1.54) is 0 Å². The second-order valence-corrected chi connectivity index (χ2v) is 17.7. The van der Waals surface area contributed by atoms with E-state index in [1.807, 2.05) is 12.2 Å². The highest BCUT2D eigenvalue weighted by Crippen LogP contribution is 2.47. The number of rotatable bonds is 39. The molecule has 1 rings (SSSR count). The van der Waals surface area contributed by atoms with Gasteiger partial charge >= 0.3 is 19.8 Å². The van der Waals surface area contributed by atoms with Crippen molar-refractivity contribution < 1.29 is 68.2 Å². The molecule has 3 unspecified atom stereocenters. The molecule has 0 bridgehead atoms. The number of ether oxygens (including phenoxy) is 2. The van der Waals surface area contributed by atoms with Gasteiger partial charge < -0.3 is 45.0 Å². The molecule has 0 aromatic carbocycles. The number of phosphoric acid groups is 1. The van der Waals surface area contributed by atoms with Crippen LogP contribution in [0.4, 0.5) is 0 Å². The van der Waals surface area contributed by atoms with Gasteiger partial charge in [0.25, 0.3) is 0 Å². The summed E-state index contributed by atoms with van der Waals surface area (Å²) in [4.78, 5) is 35.8. The number of aliphatic hydroxyl groups excluding tert-OH is 6. The van der Waals surface area contributed by atoms with Crippen molar-refractivity contribution in [2.75, 3.05) is 19.8 Å². The molecule has 8 atom stereocenters. The Kier molecular flexibility index (Phi) is 37.5. The highest BCUT2D eigenvalue weighted by Gasteiger charge is 2.51. The molecule has 0 radical (unpaired) electrons. The minimum Gasteiger partial charge on any atom is -0.462 e. The van der Waals surface area contributed by atoms with Crippen LogP contribution >= 0.6 is 7.82 Å². The monoisotopic (exact) mass is 951 g/mol. The van der Waals surface area contributed by atoms with E-state index in [4.69, 9.17) is 23.6 Å². The molecule has 7 N–H and O–H groups in total. The van der Waals surface area contributed by atoms with Crippen LogP contribution in [0, 0.1) is 0 Å². The van der Waals surface area contributed by atoms with Gasteiger partial charge in [-0.05, 0) is 96.3 Å². The zero-order valence-corrected chi connectivity index (χ0v) is 40.3. The Morgan fingerprint density at radius 1 is 0.500 bits per heavy atom. The lowest BCUT2D eigenvalue weighted by Crippen LogP contribution is -2.64. The Morgan fingerprint density at radius 2 is 0.894 bits per heavy atom. The first kappa shape index (κ1) is 60.7. The second kappa shape index (κ2) is 40.8. The first-order valence-corrected chi connectivity index (χ1v) is 25.6. The number of aliphatic hydroxyl groups is 6. The molecule has 15 heteroatoms. The van der Waals surface area contributed by atoms with E-state index in [0.717, 1.165) is 109 Å². The van der Waals surface area contributed by atoms with E-state index < -0.39 is 75.7 Å². The Hall–Kier alpha value is -3.27. The number of phosphoric ester groups is 1. The summed E-state index contributed by atoms with van der Waals surface area (Å²) in [6.07, 6.45) is 38.9. The summed E-state index contributed by atoms with van der Waals surface area (Å²) in [7, 11) is -5.15. The average molecular weight is 951 g/mol. The lowest BCUT2D eigenvalue weighted by Gasteiger charge is -2.41. The van der Waals surface area contributed by atoms with Crippen LogP contribution in [0.5, 0.6) is 0 Å². The SMILES string of the molecule is CC/C=C\C/C=C\C/C=C\C/C=C\CCCCCCCCC(=O)O[C@H](COC(=O)CCC/C=C\C/C=C\C/C=C\C/C=C\CCCCCO)COP(=O)(O)OC1[C@H](O)[C@H](O)C(O)[C@H](O)[C@H]1O. The number of carbonyl (C=O) groups is 2. The summed E-state index contributed by atoms with van der Waals surface area (Å²) in [6, 6.07) is 0. The fourth-order valence-electron chi connectivity index (χ4n) is 6.60. The summed E-state index contributed by atoms with van der Waals surface area (Å²) >= 11 is 0. The molecule has 14 nitrogen and oxygen atoms in total. The van der Waals surface area contributed by atoms with Crippen LogP contribution < -0.4 is 0 Å². The van der Waals surface area contributed by atoms with E-state index in [0.29, 0.717) is 19.3 Å². The molecule has 1 saturated carbocycles. The van der Waals surface area contributed by atoms with E-state index >= 15 is 0 Å². The lowest BCUT2D eigenvalue weighted by molar-refractivity contribution is -0.220. The molecule has 1 aliphatic carbocycles. The maximum atomic E-state index is 12.8. The highest BCUT2D eigenvalue weighted by atomic mass is 31.2. The molecule has 1 fully saturated rings. The van der Waals surface area contributed by atoms with E-state index in [9.17, 15) is 44.6 Å². The fourth-order valence-corrected chi connectivity index (χ4v) is 7.57. The summed E-state index contributed by atoms with van der Waals surface area (Å²) in [5, 5.41) is 59.0. The van der Waals surface area contributed by atoms with Crippen molar-refractivity contribution in [2.45, 2.75) is 191 Å².